The number of allylic oxidation sites excluding steroid dienone is 1. The van der Waals surface area contributed by atoms with Crippen LogP contribution in [0.3, 0.4) is 0 Å². The van der Waals surface area contributed by atoms with Gasteiger partial charge in [-0.3, -0.25) is 0 Å². The van der Waals surface area contributed by atoms with Gasteiger partial charge in [0.15, 0.2) is 0 Å². The first-order valence-electron chi connectivity index (χ1n) is 6.95. The van der Waals surface area contributed by atoms with Crippen LogP contribution in [0.15, 0.2) is 23.3 Å². The van der Waals surface area contributed by atoms with Gasteiger partial charge >= 0.3 is 0 Å². The minimum absolute atomic E-state index is 0.00826. The monoisotopic (exact) mass is 232 g/mol. The molecule has 0 bridgehead atoms. The Kier molecular flexibility index (Phi) is 2.21. The summed E-state index contributed by atoms with van der Waals surface area (Å²) < 4.78 is 5.99. The fraction of sp³-hybridized carbons (Fsp3) is 0.750. The van der Waals surface area contributed by atoms with E-state index in [1.165, 1.54) is 19.3 Å². The molecule has 0 amide bonds. The number of hydrogen-bond acceptors (Lipinski definition) is 1. The molecule has 3 rings (SSSR count). The molecule has 2 atom stereocenters. The van der Waals surface area contributed by atoms with Gasteiger partial charge in [-0.1, -0.05) is 44.9 Å². The van der Waals surface area contributed by atoms with Crippen LogP contribution in [0.25, 0.3) is 0 Å². The van der Waals surface area contributed by atoms with Gasteiger partial charge in [-0.15, -0.1) is 0 Å². The van der Waals surface area contributed by atoms with E-state index in [4.69, 9.17) is 4.74 Å². The van der Waals surface area contributed by atoms with E-state index in [0.29, 0.717) is 5.41 Å². The fourth-order valence-corrected chi connectivity index (χ4v) is 4.56. The Morgan fingerprint density at radius 2 is 1.76 bits per heavy atom. The molecule has 0 radical (unpaired) electrons. The molecule has 0 saturated heterocycles. The zero-order valence-corrected chi connectivity index (χ0v) is 11.6. The van der Waals surface area contributed by atoms with Crippen molar-refractivity contribution in [3.8, 4) is 0 Å². The van der Waals surface area contributed by atoms with Crippen LogP contribution in [0.4, 0.5) is 0 Å². The summed E-state index contributed by atoms with van der Waals surface area (Å²) in [5, 5.41) is 0. The van der Waals surface area contributed by atoms with Gasteiger partial charge in [-0.25, -0.2) is 0 Å². The molecule has 2 aliphatic carbocycles. The molecule has 0 aromatic rings. The Labute approximate surface area is 105 Å². The van der Waals surface area contributed by atoms with Crippen molar-refractivity contribution in [2.45, 2.75) is 59.0 Å². The van der Waals surface area contributed by atoms with Gasteiger partial charge in [0.25, 0.3) is 0 Å². The molecule has 1 heteroatoms. The molecular weight excluding hydrogens is 208 g/mol. The van der Waals surface area contributed by atoms with Gasteiger partial charge in [-0.2, -0.15) is 0 Å². The van der Waals surface area contributed by atoms with E-state index in [0.717, 1.165) is 13.0 Å². The van der Waals surface area contributed by atoms with Gasteiger partial charge in [0.1, 0.15) is 0 Å². The predicted molar refractivity (Wildman–Crippen MR) is 70.9 cm³/mol. The molecule has 0 aromatic carbocycles. The molecule has 0 spiro atoms. The molecule has 1 nitrogen and oxygen atoms in total. The largest absolute Gasteiger partial charge is 0.367 e. The Morgan fingerprint density at radius 1 is 1.00 bits per heavy atom. The molecule has 1 aliphatic heterocycles. The van der Waals surface area contributed by atoms with E-state index in [9.17, 15) is 0 Å². The molecular formula is C16H24O. The second-order valence-corrected chi connectivity index (χ2v) is 7.05. The third-order valence-electron chi connectivity index (χ3n) is 5.35. The highest BCUT2D eigenvalue weighted by Crippen LogP contribution is 2.60. The maximum absolute atomic E-state index is 5.99. The van der Waals surface area contributed by atoms with E-state index in [-0.39, 0.29) is 11.0 Å². The molecule has 0 aromatic heterocycles. The molecule has 1 fully saturated rings. The van der Waals surface area contributed by atoms with Gasteiger partial charge < -0.3 is 4.74 Å². The summed E-state index contributed by atoms with van der Waals surface area (Å²) in [6, 6.07) is 0. The van der Waals surface area contributed by atoms with Crippen LogP contribution in [0.2, 0.25) is 0 Å². The van der Waals surface area contributed by atoms with Gasteiger partial charge in [0.2, 0.25) is 0 Å². The highest BCUT2D eigenvalue weighted by atomic mass is 16.5. The summed E-state index contributed by atoms with van der Waals surface area (Å²) in [7, 11) is 0. The summed E-state index contributed by atoms with van der Waals surface area (Å²) in [5.41, 5.74) is 3.87. The first kappa shape index (κ1) is 11.5. The molecule has 3 aliphatic rings. The van der Waals surface area contributed by atoms with Crippen molar-refractivity contribution in [2.75, 3.05) is 6.61 Å². The summed E-state index contributed by atoms with van der Waals surface area (Å²) in [4.78, 5) is 0. The van der Waals surface area contributed by atoms with E-state index in [1.807, 2.05) is 0 Å². The lowest BCUT2D eigenvalue weighted by Crippen LogP contribution is -2.45. The maximum Gasteiger partial charge on any atom is 0.0911 e. The van der Waals surface area contributed by atoms with E-state index < -0.39 is 0 Å². The van der Waals surface area contributed by atoms with Crippen LogP contribution < -0.4 is 0 Å². The molecule has 94 valence electrons. The van der Waals surface area contributed by atoms with Crippen LogP contribution in [0.1, 0.15) is 53.4 Å². The molecule has 0 N–H and O–H groups in total. The van der Waals surface area contributed by atoms with Crippen molar-refractivity contribution >= 4 is 0 Å². The molecule has 17 heavy (non-hydrogen) atoms. The first-order chi connectivity index (χ1) is 7.89. The SMILES string of the molecule is CC1(C)CCC[C@]2(C)C1=CC[C@@]1(C)OCC=C21. The van der Waals surface area contributed by atoms with Crippen molar-refractivity contribution < 1.29 is 4.74 Å². The third kappa shape index (κ3) is 1.41. The van der Waals surface area contributed by atoms with Crippen LogP contribution in [-0.4, -0.2) is 12.2 Å². The Balaban J connectivity index is 2.13. The van der Waals surface area contributed by atoms with Crippen molar-refractivity contribution in [2.24, 2.45) is 10.8 Å². The first-order valence-corrected chi connectivity index (χ1v) is 6.95. The summed E-state index contributed by atoms with van der Waals surface area (Å²) in [6.45, 7) is 10.3. The average Bonchev–Trinajstić information content (AvgIpc) is 2.60. The predicted octanol–water partition coefficient (Wildman–Crippen LogP) is 4.25. The van der Waals surface area contributed by atoms with E-state index >= 15 is 0 Å². The fourth-order valence-electron chi connectivity index (χ4n) is 4.56. The summed E-state index contributed by atoms with van der Waals surface area (Å²) >= 11 is 0. The van der Waals surface area contributed by atoms with E-state index in [1.54, 1.807) is 11.1 Å². The van der Waals surface area contributed by atoms with Crippen LogP contribution in [0, 0.1) is 10.8 Å². The highest BCUT2D eigenvalue weighted by molar-refractivity contribution is 5.44. The van der Waals surface area contributed by atoms with Gasteiger partial charge in [0.05, 0.1) is 12.2 Å². The summed E-state index contributed by atoms with van der Waals surface area (Å²) in [6.07, 6.45) is 9.88. The van der Waals surface area contributed by atoms with Crippen LogP contribution in [-0.2, 0) is 4.74 Å². The Bertz CT molecular complexity index is 415. The average molecular weight is 232 g/mol. The normalized spacial score (nSPS) is 43.5. The minimum atomic E-state index is -0.00826. The smallest absolute Gasteiger partial charge is 0.0911 e. The van der Waals surface area contributed by atoms with E-state index in [2.05, 4.69) is 39.8 Å². The number of rotatable bonds is 0. The topological polar surface area (TPSA) is 9.23 Å². The number of ether oxygens (including phenoxy) is 1. The Hall–Kier alpha value is -0.560. The Morgan fingerprint density at radius 3 is 2.53 bits per heavy atom. The second-order valence-electron chi connectivity index (χ2n) is 7.05. The molecule has 0 unspecified atom stereocenters. The lowest BCUT2D eigenvalue weighted by atomic mass is 9.53. The zero-order valence-electron chi connectivity index (χ0n) is 11.6. The van der Waals surface area contributed by atoms with Crippen LogP contribution in [0.5, 0.6) is 0 Å². The number of hydrogen-bond donors (Lipinski definition) is 0. The van der Waals surface area contributed by atoms with Crippen LogP contribution >= 0.6 is 0 Å². The van der Waals surface area contributed by atoms with Crippen molar-refractivity contribution in [1.29, 1.82) is 0 Å². The zero-order chi connectivity index (χ0) is 12.3. The lowest BCUT2D eigenvalue weighted by Gasteiger charge is -2.53. The standard InChI is InChI=1S/C16H24O/c1-14(2)8-5-9-15(3)12(14)6-10-16(4)13(15)7-11-17-16/h6-7H,5,8-11H2,1-4H3/t15-,16-/m1/s1. The van der Waals surface area contributed by atoms with Gasteiger partial charge in [-0.05, 0) is 37.2 Å². The molecule has 1 saturated carbocycles. The third-order valence-corrected chi connectivity index (χ3v) is 5.35. The van der Waals surface area contributed by atoms with Gasteiger partial charge in [0, 0.05) is 5.41 Å². The minimum Gasteiger partial charge on any atom is -0.367 e. The van der Waals surface area contributed by atoms with Crippen molar-refractivity contribution in [1.82, 2.24) is 0 Å². The quantitative estimate of drug-likeness (QED) is 0.567. The lowest BCUT2D eigenvalue weighted by molar-refractivity contribution is 0.0138. The highest BCUT2D eigenvalue weighted by Gasteiger charge is 2.52. The number of fused-ring (bicyclic) bond motifs is 3. The maximum atomic E-state index is 5.99. The van der Waals surface area contributed by atoms with Crippen molar-refractivity contribution in [3.05, 3.63) is 23.3 Å². The molecule has 1 heterocycles. The van der Waals surface area contributed by atoms with Crippen molar-refractivity contribution in [3.63, 3.8) is 0 Å². The summed E-state index contributed by atoms with van der Waals surface area (Å²) in [5.74, 6) is 0. The second kappa shape index (κ2) is 3.26.